The highest BCUT2D eigenvalue weighted by Gasteiger charge is 2.27. The molecule has 131 valence electrons. The molecule has 0 saturated carbocycles. The van der Waals surface area contributed by atoms with E-state index >= 15 is 0 Å². The standard InChI is InChI=1S/C23H19Cl2O/c1-15-12-17-14-18(11-10-16-6-3-2-4-7-16)26-23(17)19(13-15)22-20(24)8-5-9-21(22)25/h2-9,11-13,18H,10,14H2,1H3. The van der Waals surface area contributed by atoms with Crippen molar-refractivity contribution in [2.24, 2.45) is 0 Å². The van der Waals surface area contributed by atoms with Gasteiger partial charge in [0, 0.05) is 24.0 Å². The molecule has 0 bridgehead atoms. The van der Waals surface area contributed by atoms with Crippen molar-refractivity contribution < 1.29 is 4.74 Å². The van der Waals surface area contributed by atoms with Crippen molar-refractivity contribution in [3.05, 3.63) is 93.8 Å². The number of rotatable bonds is 4. The van der Waals surface area contributed by atoms with Crippen LogP contribution in [-0.4, -0.2) is 6.10 Å². The summed E-state index contributed by atoms with van der Waals surface area (Å²) in [5, 5.41) is 1.29. The average Bonchev–Trinajstić information content (AvgIpc) is 3.03. The van der Waals surface area contributed by atoms with E-state index in [2.05, 4.69) is 49.7 Å². The molecule has 0 aliphatic carbocycles. The number of halogens is 2. The number of ether oxygens (including phenoxy) is 1. The number of hydrogen-bond acceptors (Lipinski definition) is 1. The molecule has 1 radical (unpaired) electrons. The molecule has 3 heteroatoms. The van der Waals surface area contributed by atoms with E-state index in [-0.39, 0.29) is 6.10 Å². The second kappa shape index (κ2) is 7.34. The second-order valence-corrected chi connectivity index (χ2v) is 7.50. The highest BCUT2D eigenvalue weighted by atomic mass is 35.5. The van der Waals surface area contributed by atoms with Gasteiger partial charge in [-0.2, -0.15) is 0 Å². The van der Waals surface area contributed by atoms with Gasteiger partial charge in [0.15, 0.2) is 0 Å². The second-order valence-electron chi connectivity index (χ2n) is 6.68. The Balaban J connectivity index is 1.62. The van der Waals surface area contributed by atoms with Crippen LogP contribution < -0.4 is 4.74 Å². The molecule has 0 aromatic heterocycles. The van der Waals surface area contributed by atoms with Crippen molar-refractivity contribution >= 4 is 23.2 Å². The highest BCUT2D eigenvalue weighted by molar-refractivity contribution is 6.39. The van der Waals surface area contributed by atoms with E-state index in [1.54, 1.807) is 0 Å². The van der Waals surface area contributed by atoms with Crippen molar-refractivity contribution in [2.45, 2.75) is 25.9 Å². The predicted molar refractivity (Wildman–Crippen MR) is 109 cm³/mol. The lowest BCUT2D eigenvalue weighted by Crippen LogP contribution is -2.14. The SMILES string of the molecule is Cc1cc2c(c(-c3c(Cl)cccc3Cl)c1)OC([CH]Cc1ccccc1)C2. The molecule has 1 aliphatic heterocycles. The van der Waals surface area contributed by atoms with Crippen LogP contribution in [0.1, 0.15) is 16.7 Å². The Labute approximate surface area is 164 Å². The zero-order chi connectivity index (χ0) is 18.1. The van der Waals surface area contributed by atoms with Crippen molar-refractivity contribution in [3.63, 3.8) is 0 Å². The molecule has 3 aromatic carbocycles. The molecule has 1 aliphatic rings. The largest absolute Gasteiger partial charge is 0.489 e. The van der Waals surface area contributed by atoms with Crippen molar-refractivity contribution in [1.29, 1.82) is 0 Å². The van der Waals surface area contributed by atoms with Gasteiger partial charge in [-0.15, -0.1) is 0 Å². The van der Waals surface area contributed by atoms with E-state index in [9.17, 15) is 0 Å². The third kappa shape index (κ3) is 3.47. The fourth-order valence-electron chi connectivity index (χ4n) is 3.50. The Hall–Kier alpha value is -1.96. The van der Waals surface area contributed by atoms with Crippen LogP contribution in [0.4, 0.5) is 0 Å². The van der Waals surface area contributed by atoms with Crippen LogP contribution in [0, 0.1) is 13.3 Å². The lowest BCUT2D eigenvalue weighted by atomic mass is 9.97. The van der Waals surface area contributed by atoms with Crippen LogP contribution in [0.2, 0.25) is 10.0 Å². The number of hydrogen-bond donors (Lipinski definition) is 0. The maximum absolute atomic E-state index is 6.45. The Morgan fingerprint density at radius 1 is 1.00 bits per heavy atom. The Bertz CT molecular complexity index is 914. The molecule has 0 N–H and O–H groups in total. The van der Waals surface area contributed by atoms with Crippen LogP contribution in [0.25, 0.3) is 11.1 Å². The first-order valence-corrected chi connectivity index (χ1v) is 9.49. The third-order valence-corrected chi connectivity index (χ3v) is 5.32. The minimum absolute atomic E-state index is 0.0621. The van der Waals surface area contributed by atoms with Crippen LogP contribution in [-0.2, 0) is 12.8 Å². The number of fused-ring (bicyclic) bond motifs is 1. The first-order valence-electron chi connectivity index (χ1n) is 8.73. The van der Waals surface area contributed by atoms with E-state index in [1.807, 2.05) is 24.3 Å². The highest BCUT2D eigenvalue weighted by Crippen LogP contribution is 2.45. The molecule has 1 heterocycles. The van der Waals surface area contributed by atoms with Crippen molar-refractivity contribution in [2.75, 3.05) is 0 Å². The monoisotopic (exact) mass is 381 g/mol. The molecular weight excluding hydrogens is 363 g/mol. The third-order valence-electron chi connectivity index (χ3n) is 4.69. The summed E-state index contributed by atoms with van der Waals surface area (Å²) in [6.07, 6.45) is 4.06. The topological polar surface area (TPSA) is 9.23 Å². The summed E-state index contributed by atoms with van der Waals surface area (Å²) in [4.78, 5) is 0. The van der Waals surface area contributed by atoms with Gasteiger partial charge in [-0.05, 0) is 48.2 Å². The van der Waals surface area contributed by atoms with Gasteiger partial charge in [0.05, 0.1) is 10.0 Å². The summed E-state index contributed by atoms with van der Waals surface area (Å²) >= 11 is 12.9. The summed E-state index contributed by atoms with van der Waals surface area (Å²) in [6.45, 7) is 2.09. The summed E-state index contributed by atoms with van der Waals surface area (Å²) < 4.78 is 6.31. The molecule has 1 atom stereocenters. The van der Waals surface area contributed by atoms with Crippen LogP contribution in [0.15, 0.2) is 60.7 Å². The van der Waals surface area contributed by atoms with E-state index < -0.39 is 0 Å². The molecular formula is C23H19Cl2O. The molecule has 0 amide bonds. The van der Waals surface area contributed by atoms with Gasteiger partial charge < -0.3 is 4.74 Å². The fraction of sp³-hybridized carbons (Fsp3) is 0.174. The van der Waals surface area contributed by atoms with Gasteiger partial charge in [0.1, 0.15) is 11.9 Å². The van der Waals surface area contributed by atoms with Gasteiger partial charge in [0.25, 0.3) is 0 Å². The van der Waals surface area contributed by atoms with Gasteiger partial charge in [-0.25, -0.2) is 0 Å². The number of benzene rings is 3. The minimum atomic E-state index is 0.0621. The van der Waals surface area contributed by atoms with E-state index in [0.717, 1.165) is 29.7 Å². The normalized spacial score (nSPS) is 15.6. The van der Waals surface area contributed by atoms with Gasteiger partial charge in [-0.1, -0.05) is 65.7 Å². The molecule has 3 aromatic rings. The zero-order valence-electron chi connectivity index (χ0n) is 14.5. The predicted octanol–water partition coefficient (Wildman–Crippen LogP) is 6.72. The molecule has 0 saturated heterocycles. The lowest BCUT2D eigenvalue weighted by Gasteiger charge is -2.15. The van der Waals surface area contributed by atoms with Crippen LogP contribution >= 0.6 is 23.2 Å². The molecule has 1 nitrogen and oxygen atoms in total. The minimum Gasteiger partial charge on any atom is -0.489 e. The van der Waals surface area contributed by atoms with E-state index in [0.29, 0.717) is 10.0 Å². The molecule has 26 heavy (non-hydrogen) atoms. The van der Waals surface area contributed by atoms with Gasteiger partial charge >= 0.3 is 0 Å². The first-order chi connectivity index (χ1) is 12.6. The average molecular weight is 382 g/mol. The summed E-state index contributed by atoms with van der Waals surface area (Å²) in [5.74, 6) is 0.903. The van der Waals surface area contributed by atoms with Crippen LogP contribution in [0.3, 0.4) is 0 Å². The molecule has 1 unspecified atom stereocenters. The Morgan fingerprint density at radius 3 is 2.46 bits per heavy atom. The maximum atomic E-state index is 6.45. The Morgan fingerprint density at radius 2 is 1.73 bits per heavy atom. The summed E-state index contributed by atoms with van der Waals surface area (Å²) in [7, 11) is 0. The maximum Gasteiger partial charge on any atom is 0.131 e. The van der Waals surface area contributed by atoms with Crippen molar-refractivity contribution in [3.8, 4) is 16.9 Å². The summed E-state index contributed by atoms with van der Waals surface area (Å²) in [5.41, 5.74) is 5.51. The lowest BCUT2D eigenvalue weighted by molar-refractivity contribution is 0.264. The quantitative estimate of drug-likeness (QED) is 0.487. The van der Waals surface area contributed by atoms with E-state index in [1.165, 1.54) is 16.7 Å². The number of aryl methyl sites for hydroxylation is 1. The van der Waals surface area contributed by atoms with E-state index in [4.69, 9.17) is 27.9 Å². The fourth-order valence-corrected chi connectivity index (χ4v) is 4.10. The van der Waals surface area contributed by atoms with Gasteiger partial charge in [-0.3, -0.25) is 0 Å². The summed E-state index contributed by atoms with van der Waals surface area (Å²) in [6, 6.07) is 20.3. The zero-order valence-corrected chi connectivity index (χ0v) is 16.0. The smallest absolute Gasteiger partial charge is 0.131 e. The molecule has 0 spiro atoms. The van der Waals surface area contributed by atoms with Crippen LogP contribution in [0.5, 0.6) is 5.75 Å². The Kier molecular flexibility index (Phi) is 4.93. The first kappa shape index (κ1) is 17.5. The molecule has 0 fully saturated rings. The van der Waals surface area contributed by atoms with Gasteiger partial charge in [0.2, 0.25) is 0 Å². The van der Waals surface area contributed by atoms with Crippen molar-refractivity contribution in [1.82, 2.24) is 0 Å². The molecule has 4 rings (SSSR count).